The second kappa shape index (κ2) is 4.72. The molecular weight excluding hydrogens is 278 g/mol. The van der Waals surface area contributed by atoms with E-state index in [-0.39, 0.29) is 0 Å². The Hall–Kier alpha value is -3.06. The van der Waals surface area contributed by atoms with E-state index in [9.17, 15) is 0 Å². The molecule has 23 heavy (non-hydrogen) atoms. The lowest BCUT2D eigenvalue weighted by Crippen LogP contribution is -1.91. The van der Waals surface area contributed by atoms with Gasteiger partial charge in [-0.15, -0.1) is 0 Å². The van der Waals surface area contributed by atoms with Crippen molar-refractivity contribution in [3.63, 3.8) is 0 Å². The van der Waals surface area contributed by atoms with E-state index in [1.54, 1.807) is 0 Å². The summed E-state index contributed by atoms with van der Waals surface area (Å²) in [5, 5.41) is 6.01. The van der Waals surface area contributed by atoms with Gasteiger partial charge in [-0.3, -0.25) is 0 Å². The lowest BCUT2D eigenvalue weighted by molar-refractivity contribution is 1.53. The minimum Gasteiger partial charge on any atom is -0.356 e. The molecule has 4 aliphatic heterocycles. The Morgan fingerprint density at radius 3 is 1.30 bits per heavy atom. The van der Waals surface area contributed by atoms with Crippen LogP contribution >= 0.6 is 0 Å². The first-order valence-corrected chi connectivity index (χ1v) is 7.87. The monoisotopic (exact) mass is 293 g/mol. The highest BCUT2D eigenvalue weighted by molar-refractivity contribution is 5.91. The number of anilines is 2. The Kier molecular flexibility index (Phi) is 2.56. The molecule has 4 heterocycles. The summed E-state index contributed by atoms with van der Waals surface area (Å²) in [6.45, 7) is 0. The predicted octanol–water partition coefficient (Wildman–Crippen LogP) is 6.23. The molecule has 108 valence electrons. The van der Waals surface area contributed by atoms with Gasteiger partial charge in [-0.2, -0.15) is 0 Å². The zero-order chi connectivity index (χ0) is 15.2. The first-order valence-electron chi connectivity index (χ1n) is 7.87. The number of benzene rings is 4. The smallest absolute Gasteiger partial charge is 0.0384 e. The van der Waals surface area contributed by atoms with Crippen LogP contribution in [0.5, 0.6) is 0 Å². The molecule has 0 saturated heterocycles. The molecule has 1 heteroatoms. The van der Waals surface area contributed by atoms with Gasteiger partial charge < -0.3 is 5.32 Å². The van der Waals surface area contributed by atoms with Crippen molar-refractivity contribution in [2.24, 2.45) is 0 Å². The number of hydrogen-bond acceptors (Lipinski definition) is 1. The summed E-state index contributed by atoms with van der Waals surface area (Å²) in [7, 11) is 0. The lowest BCUT2D eigenvalue weighted by Gasteiger charge is -2.12. The first-order chi connectivity index (χ1) is 11.3. The topological polar surface area (TPSA) is 12.0 Å². The molecule has 7 bridgehead atoms. The molecular formula is C22H15N. The van der Waals surface area contributed by atoms with Gasteiger partial charge in [0, 0.05) is 11.4 Å². The van der Waals surface area contributed by atoms with Crippen LogP contribution in [0.2, 0.25) is 0 Å². The maximum atomic E-state index is 3.46. The molecule has 0 spiro atoms. The fraction of sp³-hybridized carbons (Fsp3) is 0. The number of hydrogen-bond donors (Lipinski definition) is 1. The minimum atomic E-state index is 1.11. The van der Waals surface area contributed by atoms with Gasteiger partial charge in [-0.1, -0.05) is 48.5 Å². The van der Waals surface area contributed by atoms with Crippen LogP contribution in [-0.2, 0) is 0 Å². The van der Waals surface area contributed by atoms with Crippen LogP contribution in [-0.4, -0.2) is 0 Å². The minimum absolute atomic E-state index is 1.11. The quantitative estimate of drug-likeness (QED) is 0.357. The van der Waals surface area contributed by atoms with Gasteiger partial charge in [0.2, 0.25) is 0 Å². The zero-order valence-electron chi connectivity index (χ0n) is 12.6. The summed E-state index contributed by atoms with van der Waals surface area (Å²) < 4.78 is 0. The van der Waals surface area contributed by atoms with E-state index < -0.39 is 0 Å². The molecule has 0 unspecified atom stereocenters. The Morgan fingerprint density at radius 2 is 0.826 bits per heavy atom. The lowest BCUT2D eigenvalue weighted by atomic mass is 9.97. The van der Waals surface area contributed by atoms with E-state index in [1.807, 2.05) is 0 Å². The summed E-state index contributed by atoms with van der Waals surface area (Å²) in [6, 6.07) is 30.6. The highest BCUT2D eigenvalue weighted by Crippen LogP contribution is 2.31. The van der Waals surface area contributed by atoms with E-state index in [2.05, 4.69) is 90.2 Å². The first kappa shape index (κ1) is 12.5. The molecule has 0 radical (unpaired) electrons. The van der Waals surface area contributed by atoms with E-state index in [4.69, 9.17) is 0 Å². The molecule has 0 atom stereocenters. The molecule has 4 aliphatic rings. The summed E-state index contributed by atoms with van der Waals surface area (Å²) in [4.78, 5) is 0. The van der Waals surface area contributed by atoms with Crippen molar-refractivity contribution in [3.8, 4) is 22.3 Å². The Balaban J connectivity index is 1.85. The van der Waals surface area contributed by atoms with Gasteiger partial charge in [0.05, 0.1) is 0 Å². The van der Waals surface area contributed by atoms with Crippen LogP contribution in [0.15, 0.2) is 84.9 Å². The second-order valence-corrected chi connectivity index (χ2v) is 6.06. The van der Waals surface area contributed by atoms with Crippen molar-refractivity contribution < 1.29 is 0 Å². The second-order valence-electron chi connectivity index (χ2n) is 6.06. The number of nitrogens with one attached hydrogen (secondary N) is 1. The Labute approximate surface area is 135 Å². The number of rotatable bonds is 0. The van der Waals surface area contributed by atoms with Crippen LogP contribution < -0.4 is 5.32 Å². The summed E-state index contributed by atoms with van der Waals surface area (Å²) >= 11 is 0. The predicted molar refractivity (Wildman–Crippen MR) is 98.1 cm³/mol. The third-order valence-corrected chi connectivity index (χ3v) is 4.57. The van der Waals surface area contributed by atoms with Crippen molar-refractivity contribution in [2.75, 3.05) is 5.32 Å². The Bertz CT molecular complexity index is 932. The maximum Gasteiger partial charge on any atom is 0.0384 e. The fourth-order valence-corrected chi connectivity index (χ4v) is 3.26. The van der Waals surface area contributed by atoms with Gasteiger partial charge in [-0.05, 0) is 69.4 Å². The van der Waals surface area contributed by atoms with Gasteiger partial charge >= 0.3 is 0 Å². The SMILES string of the molecule is c1cc2ccc1Nc1ccc(cc1)-c1ccc3ccc-2cc3c1. The van der Waals surface area contributed by atoms with Crippen molar-refractivity contribution in [2.45, 2.75) is 0 Å². The average Bonchev–Trinajstić information content (AvgIpc) is 2.61. The van der Waals surface area contributed by atoms with Gasteiger partial charge in [0.1, 0.15) is 0 Å². The highest BCUT2D eigenvalue weighted by atomic mass is 14.9. The van der Waals surface area contributed by atoms with Gasteiger partial charge in [-0.25, -0.2) is 0 Å². The molecule has 0 saturated carbocycles. The molecule has 8 rings (SSSR count). The summed E-state index contributed by atoms with van der Waals surface area (Å²) in [6.07, 6.45) is 0. The van der Waals surface area contributed by atoms with Gasteiger partial charge in [0.25, 0.3) is 0 Å². The molecule has 0 aromatic heterocycles. The van der Waals surface area contributed by atoms with Crippen molar-refractivity contribution in [3.05, 3.63) is 84.9 Å². The average molecular weight is 293 g/mol. The summed E-state index contributed by atoms with van der Waals surface area (Å²) in [5.41, 5.74) is 7.22. The standard InChI is InChI=1S/C22H15N/c1-3-18-13-20-14-19(4-2-17(1)20)16-7-11-22(12-8-16)23-21-9-5-15(18)6-10-21/h1-14,23H. The molecule has 0 amide bonds. The van der Waals surface area contributed by atoms with Crippen molar-refractivity contribution >= 4 is 22.1 Å². The zero-order valence-corrected chi connectivity index (χ0v) is 12.6. The van der Waals surface area contributed by atoms with Crippen LogP contribution in [0.4, 0.5) is 11.4 Å². The third-order valence-electron chi connectivity index (χ3n) is 4.57. The normalized spacial score (nSPS) is 11.8. The Morgan fingerprint density at radius 1 is 0.391 bits per heavy atom. The molecule has 1 N–H and O–H groups in total. The largest absolute Gasteiger partial charge is 0.356 e. The fourth-order valence-electron chi connectivity index (χ4n) is 3.26. The maximum absolute atomic E-state index is 3.46. The molecule has 4 aromatic rings. The van der Waals surface area contributed by atoms with E-state index in [0.717, 1.165) is 11.4 Å². The van der Waals surface area contributed by atoms with Crippen LogP contribution in [0, 0.1) is 0 Å². The van der Waals surface area contributed by atoms with Gasteiger partial charge in [0.15, 0.2) is 0 Å². The molecule has 1 nitrogen and oxygen atoms in total. The van der Waals surface area contributed by atoms with Crippen LogP contribution in [0.3, 0.4) is 0 Å². The van der Waals surface area contributed by atoms with Crippen LogP contribution in [0.25, 0.3) is 33.0 Å². The highest BCUT2D eigenvalue weighted by Gasteiger charge is 2.05. The van der Waals surface area contributed by atoms with Crippen molar-refractivity contribution in [1.82, 2.24) is 0 Å². The molecule has 0 aliphatic carbocycles. The molecule has 0 fully saturated rings. The van der Waals surface area contributed by atoms with Crippen LogP contribution in [0.1, 0.15) is 0 Å². The van der Waals surface area contributed by atoms with E-state index >= 15 is 0 Å². The summed E-state index contributed by atoms with van der Waals surface area (Å²) in [5.74, 6) is 0. The van der Waals surface area contributed by atoms with E-state index in [1.165, 1.54) is 33.0 Å². The third kappa shape index (κ3) is 2.09. The van der Waals surface area contributed by atoms with E-state index in [0.29, 0.717) is 0 Å². The molecule has 4 aromatic carbocycles. The van der Waals surface area contributed by atoms with Crippen molar-refractivity contribution in [1.29, 1.82) is 0 Å².